The highest BCUT2D eigenvalue weighted by atomic mass is 19.1. The lowest BCUT2D eigenvalue weighted by Crippen LogP contribution is -2.49. The number of piperazine rings is 1. The Morgan fingerprint density at radius 2 is 1.85 bits per heavy atom. The lowest BCUT2D eigenvalue weighted by atomic mass is 10.3. The smallest absolute Gasteiger partial charge is 0.289 e. The Bertz CT molecular complexity index is 906. The molecule has 8 heteroatoms. The average Bonchev–Trinajstić information content (AvgIpc) is 3.24. The first-order chi connectivity index (χ1) is 13.2. The van der Waals surface area contributed by atoms with Gasteiger partial charge < -0.3 is 19.5 Å². The zero-order valence-corrected chi connectivity index (χ0v) is 14.5. The van der Waals surface area contributed by atoms with Crippen LogP contribution < -0.4 is 10.2 Å². The van der Waals surface area contributed by atoms with E-state index in [9.17, 15) is 9.18 Å². The van der Waals surface area contributed by atoms with Gasteiger partial charge in [0.05, 0.1) is 6.26 Å². The number of rotatable bonds is 4. The van der Waals surface area contributed by atoms with Crippen molar-refractivity contribution in [1.29, 1.82) is 0 Å². The van der Waals surface area contributed by atoms with Gasteiger partial charge in [-0.3, -0.25) is 4.79 Å². The van der Waals surface area contributed by atoms with Crippen molar-refractivity contribution in [2.45, 2.75) is 0 Å². The van der Waals surface area contributed by atoms with Gasteiger partial charge in [0, 0.05) is 38.1 Å². The summed E-state index contributed by atoms with van der Waals surface area (Å²) in [6.45, 7) is 2.51. The van der Waals surface area contributed by atoms with E-state index >= 15 is 0 Å². The van der Waals surface area contributed by atoms with Crippen LogP contribution in [0.1, 0.15) is 10.6 Å². The average molecular weight is 367 g/mol. The lowest BCUT2D eigenvalue weighted by Gasteiger charge is -2.35. The Labute approximate surface area is 155 Å². The molecule has 0 bridgehead atoms. The maximum absolute atomic E-state index is 13.0. The summed E-state index contributed by atoms with van der Waals surface area (Å²) >= 11 is 0. The number of furan rings is 1. The van der Waals surface area contributed by atoms with Crippen molar-refractivity contribution in [3.8, 4) is 0 Å². The van der Waals surface area contributed by atoms with Crippen LogP contribution in [0.5, 0.6) is 0 Å². The minimum Gasteiger partial charge on any atom is -0.459 e. The highest BCUT2D eigenvalue weighted by molar-refractivity contribution is 5.91. The summed E-state index contributed by atoms with van der Waals surface area (Å²) < 4.78 is 18.2. The maximum atomic E-state index is 13.0. The second-order valence-electron chi connectivity index (χ2n) is 6.13. The normalized spacial score (nSPS) is 14.3. The van der Waals surface area contributed by atoms with Crippen LogP contribution in [0.3, 0.4) is 0 Å². The van der Waals surface area contributed by atoms with Crippen LogP contribution in [0.2, 0.25) is 0 Å². The van der Waals surface area contributed by atoms with Gasteiger partial charge in [-0.15, -0.1) is 0 Å². The Morgan fingerprint density at radius 3 is 2.56 bits per heavy atom. The first-order valence-corrected chi connectivity index (χ1v) is 8.62. The summed E-state index contributed by atoms with van der Waals surface area (Å²) in [5, 5.41) is 3.06. The van der Waals surface area contributed by atoms with E-state index in [1.54, 1.807) is 35.4 Å². The Hall–Kier alpha value is -3.42. The molecule has 27 heavy (non-hydrogen) atoms. The number of hydrogen-bond acceptors (Lipinski definition) is 6. The first-order valence-electron chi connectivity index (χ1n) is 8.62. The topological polar surface area (TPSA) is 74.5 Å². The number of carbonyl (C=O) groups is 1. The van der Waals surface area contributed by atoms with Crippen LogP contribution >= 0.6 is 0 Å². The fraction of sp³-hybridized carbons (Fsp3) is 0.211. The van der Waals surface area contributed by atoms with Gasteiger partial charge in [-0.25, -0.2) is 9.37 Å². The number of hydrogen-bond donors (Lipinski definition) is 1. The number of amides is 1. The Balaban J connectivity index is 1.40. The van der Waals surface area contributed by atoms with Crippen LogP contribution in [0.4, 0.5) is 21.8 Å². The molecule has 1 saturated heterocycles. The molecule has 1 aliphatic heterocycles. The zero-order valence-electron chi connectivity index (χ0n) is 14.5. The molecule has 3 aromatic rings. The van der Waals surface area contributed by atoms with E-state index in [0.29, 0.717) is 43.6 Å². The van der Waals surface area contributed by atoms with E-state index in [0.717, 1.165) is 5.82 Å². The predicted octanol–water partition coefficient (Wildman–Crippen LogP) is 2.91. The van der Waals surface area contributed by atoms with E-state index in [1.807, 2.05) is 6.07 Å². The van der Waals surface area contributed by atoms with E-state index in [1.165, 1.54) is 18.4 Å². The van der Waals surface area contributed by atoms with Gasteiger partial charge in [0.1, 0.15) is 11.6 Å². The third-order valence-corrected chi connectivity index (χ3v) is 4.36. The number of anilines is 3. The summed E-state index contributed by atoms with van der Waals surface area (Å²) in [6.07, 6.45) is 3.18. The van der Waals surface area contributed by atoms with Crippen molar-refractivity contribution in [2.75, 3.05) is 36.4 Å². The first kappa shape index (κ1) is 17.0. The monoisotopic (exact) mass is 367 g/mol. The van der Waals surface area contributed by atoms with Crippen LogP contribution in [0, 0.1) is 5.82 Å². The largest absolute Gasteiger partial charge is 0.459 e. The van der Waals surface area contributed by atoms with Crippen molar-refractivity contribution in [2.24, 2.45) is 0 Å². The van der Waals surface area contributed by atoms with Gasteiger partial charge in [-0.1, -0.05) is 0 Å². The van der Waals surface area contributed by atoms with Gasteiger partial charge in [-0.2, -0.15) is 4.98 Å². The minimum atomic E-state index is -0.294. The molecule has 1 aromatic carbocycles. The van der Waals surface area contributed by atoms with Crippen LogP contribution in [-0.4, -0.2) is 47.0 Å². The number of nitrogens with one attached hydrogen (secondary N) is 1. The molecule has 0 radical (unpaired) electrons. The SMILES string of the molecule is O=C(c1ccco1)N1CCN(c2ccnc(Nc3ccc(F)cc3)n2)CC1. The highest BCUT2D eigenvalue weighted by Crippen LogP contribution is 2.19. The molecule has 0 unspecified atom stereocenters. The van der Waals surface area contributed by atoms with E-state index in [2.05, 4.69) is 20.2 Å². The fourth-order valence-corrected chi connectivity index (χ4v) is 2.94. The summed E-state index contributed by atoms with van der Waals surface area (Å²) in [6, 6.07) is 11.2. The molecule has 138 valence electrons. The molecule has 1 fully saturated rings. The Kier molecular flexibility index (Phi) is 4.69. The van der Waals surface area contributed by atoms with Gasteiger partial charge >= 0.3 is 0 Å². The molecule has 0 spiro atoms. The highest BCUT2D eigenvalue weighted by Gasteiger charge is 2.24. The standard InChI is InChI=1S/C19H18FN5O2/c20-14-3-5-15(6-4-14)22-19-21-8-7-17(23-19)24-9-11-25(12-10-24)18(26)16-2-1-13-27-16/h1-8,13H,9-12H2,(H,21,22,23). The Morgan fingerprint density at radius 1 is 1.07 bits per heavy atom. The molecular weight excluding hydrogens is 349 g/mol. The molecular formula is C19H18FN5O2. The molecule has 1 aliphatic rings. The predicted molar refractivity (Wildman–Crippen MR) is 98.5 cm³/mol. The molecule has 0 saturated carbocycles. The number of benzene rings is 1. The number of aromatic nitrogens is 2. The van der Waals surface area contributed by atoms with Crippen LogP contribution in [-0.2, 0) is 0 Å². The summed E-state index contributed by atoms with van der Waals surface area (Å²) in [5.41, 5.74) is 0.711. The number of nitrogens with zero attached hydrogens (tertiary/aromatic N) is 4. The van der Waals surface area contributed by atoms with Crippen molar-refractivity contribution in [1.82, 2.24) is 14.9 Å². The number of carbonyl (C=O) groups excluding carboxylic acids is 1. The van der Waals surface area contributed by atoms with E-state index < -0.39 is 0 Å². The number of halogens is 1. The molecule has 7 nitrogen and oxygen atoms in total. The van der Waals surface area contributed by atoms with Gasteiger partial charge in [0.2, 0.25) is 5.95 Å². The summed E-state index contributed by atoms with van der Waals surface area (Å²) in [4.78, 5) is 24.9. The summed E-state index contributed by atoms with van der Waals surface area (Å²) in [7, 11) is 0. The molecule has 1 amide bonds. The second-order valence-corrected chi connectivity index (χ2v) is 6.13. The molecule has 1 N–H and O–H groups in total. The third kappa shape index (κ3) is 3.89. The van der Waals surface area contributed by atoms with Crippen LogP contribution in [0.15, 0.2) is 59.3 Å². The van der Waals surface area contributed by atoms with Gasteiger partial charge in [-0.05, 0) is 42.5 Å². The fourth-order valence-electron chi connectivity index (χ4n) is 2.94. The molecule has 4 rings (SSSR count). The molecule has 0 aliphatic carbocycles. The van der Waals surface area contributed by atoms with Crippen molar-refractivity contribution in [3.63, 3.8) is 0 Å². The lowest BCUT2D eigenvalue weighted by molar-refractivity contribution is 0.0714. The van der Waals surface area contributed by atoms with Gasteiger partial charge in [0.25, 0.3) is 5.91 Å². The van der Waals surface area contributed by atoms with Crippen LogP contribution in [0.25, 0.3) is 0 Å². The molecule has 2 aromatic heterocycles. The van der Waals surface area contributed by atoms with Crippen molar-refractivity contribution >= 4 is 23.4 Å². The minimum absolute atomic E-state index is 0.0963. The van der Waals surface area contributed by atoms with Gasteiger partial charge in [0.15, 0.2) is 5.76 Å². The third-order valence-electron chi connectivity index (χ3n) is 4.36. The quantitative estimate of drug-likeness (QED) is 0.764. The zero-order chi connectivity index (χ0) is 18.6. The van der Waals surface area contributed by atoms with E-state index in [4.69, 9.17) is 4.42 Å². The molecule has 0 atom stereocenters. The van der Waals surface area contributed by atoms with Crippen molar-refractivity contribution in [3.05, 3.63) is 66.5 Å². The summed E-state index contributed by atoms with van der Waals surface area (Å²) in [5.74, 6) is 1.18. The van der Waals surface area contributed by atoms with E-state index in [-0.39, 0.29) is 11.7 Å². The second kappa shape index (κ2) is 7.45. The molecule has 3 heterocycles. The maximum Gasteiger partial charge on any atom is 0.289 e. The van der Waals surface area contributed by atoms with Crippen molar-refractivity contribution < 1.29 is 13.6 Å².